The van der Waals surface area contributed by atoms with E-state index in [-0.39, 0.29) is 29.6 Å². The number of amides is 2. The predicted octanol–water partition coefficient (Wildman–Crippen LogP) is 3.97. The van der Waals surface area contributed by atoms with E-state index < -0.39 is 17.7 Å². The second-order valence-electron chi connectivity index (χ2n) is 7.58. The van der Waals surface area contributed by atoms with Crippen molar-refractivity contribution in [3.05, 3.63) is 47.2 Å². The monoisotopic (exact) mass is 371 g/mol. The van der Waals surface area contributed by atoms with Crippen molar-refractivity contribution >= 4 is 17.6 Å². The zero-order valence-corrected chi connectivity index (χ0v) is 16.4. The summed E-state index contributed by atoms with van der Waals surface area (Å²) in [4.78, 5) is 38.0. The van der Waals surface area contributed by atoms with Gasteiger partial charge in [0.15, 0.2) is 5.78 Å². The van der Waals surface area contributed by atoms with Gasteiger partial charge in [-0.3, -0.25) is 19.3 Å². The normalized spacial score (nSPS) is 17.1. The molecule has 27 heavy (non-hydrogen) atoms. The molecular formula is C22H29NO4. The molecule has 146 valence electrons. The van der Waals surface area contributed by atoms with Crippen LogP contribution in [0.1, 0.15) is 58.4 Å². The van der Waals surface area contributed by atoms with E-state index in [4.69, 9.17) is 0 Å². The fourth-order valence-corrected chi connectivity index (χ4v) is 3.49. The van der Waals surface area contributed by atoms with Crippen LogP contribution in [0.2, 0.25) is 0 Å². The van der Waals surface area contributed by atoms with Crippen LogP contribution in [0.15, 0.2) is 41.7 Å². The van der Waals surface area contributed by atoms with Crippen LogP contribution in [-0.2, 0) is 20.8 Å². The van der Waals surface area contributed by atoms with Crippen LogP contribution in [0.4, 0.5) is 0 Å². The number of aryl methyl sites for hydroxylation is 1. The Morgan fingerprint density at radius 3 is 2.37 bits per heavy atom. The highest BCUT2D eigenvalue weighted by Crippen LogP contribution is 2.30. The largest absolute Gasteiger partial charge is 0.509 e. The highest BCUT2D eigenvalue weighted by Gasteiger charge is 2.44. The van der Waals surface area contributed by atoms with E-state index in [0.29, 0.717) is 12.8 Å². The van der Waals surface area contributed by atoms with Gasteiger partial charge in [0.25, 0.3) is 5.91 Å². The van der Waals surface area contributed by atoms with E-state index in [9.17, 15) is 19.5 Å². The van der Waals surface area contributed by atoms with Crippen LogP contribution >= 0.6 is 0 Å². The third-order valence-corrected chi connectivity index (χ3v) is 4.83. The number of carbonyl (C=O) groups excluding carboxylic acids is 3. The van der Waals surface area contributed by atoms with Crippen molar-refractivity contribution < 1.29 is 19.5 Å². The summed E-state index contributed by atoms with van der Waals surface area (Å²) >= 11 is 0. The lowest BCUT2D eigenvalue weighted by molar-refractivity contribution is -0.143. The maximum Gasteiger partial charge on any atom is 0.268 e. The van der Waals surface area contributed by atoms with Crippen LogP contribution in [0.5, 0.6) is 0 Å². The standard InChI is InChI=1S/C22H29NO4/c1-15(2)14-18-21(26)20(16(3)24)22(27)23(18)19(25)13-9-5-8-12-17-10-6-4-7-11-17/h4,6-7,10-11,15,18,26H,5,8-9,12-14H2,1-3H3. The van der Waals surface area contributed by atoms with Gasteiger partial charge in [0.05, 0.1) is 6.04 Å². The first-order valence-electron chi connectivity index (χ1n) is 9.67. The lowest BCUT2D eigenvalue weighted by Crippen LogP contribution is -2.41. The first-order valence-corrected chi connectivity index (χ1v) is 9.67. The number of unbranched alkanes of at least 4 members (excludes halogenated alkanes) is 2. The van der Waals surface area contributed by atoms with Crippen LogP contribution < -0.4 is 0 Å². The number of Topliss-reactive ketones (excluding diaryl/α,β-unsaturated/α-hetero) is 1. The Morgan fingerprint density at radius 1 is 1.11 bits per heavy atom. The third-order valence-electron chi connectivity index (χ3n) is 4.83. The minimum Gasteiger partial charge on any atom is -0.509 e. The highest BCUT2D eigenvalue weighted by atomic mass is 16.3. The molecule has 0 fully saturated rings. The number of benzene rings is 1. The zero-order valence-electron chi connectivity index (χ0n) is 16.4. The molecule has 1 aromatic rings. The first kappa shape index (κ1) is 20.9. The Morgan fingerprint density at radius 2 is 1.78 bits per heavy atom. The number of carbonyl (C=O) groups is 3. The number of nitrogens with zero attached hydrogens (tertiary/aromatic N) is 1. The number of imide groups is 1. The van der Waals surface area contributed by atoms with Crippen molar-refractivity contribution in [2.45, 2.75) is 65.3 Å². The first-order chi connectivity index (χ1) is 12.8. The average Bonchev–Trinajstić information content (AvgIpc) is 2.85. The molecule has 1 N–H and O–H groups in total. The molecule has 1 aliphatic heterocycles. The van der Waals surface area contributed by atoms with Crippen molar-refractivity contribution in [3.8, 4) is 0 Å². The molecule has 1 aromatic carbocycles. The SMILES string of the molecule is CC(=O)C1=C(O)C(CC(C)C)N(C(=O)CCCCCc2ccccc2)C1=O. The number of hydrogen-bond acceptors (Lipinski definition) is 4. The minimum atomic E-state index is -0.715. The summed E-state index contributed by atoms with van der Waals surface area (Å²) in [7, 11) is 0. The maximum atomic E-state index is 12.7. The fraction of sp³-hybridized carbons (Fsp3) is 0.500. The number of ketones is 1. The summed E-state index contributed by atoms with van der Waals surface area (Å²) in [6, 6.07) is 9.47. The molecule has 1 heterocycles. The van der Waals surface area contributed by atoms with Gasteiger partial charge in [0.2, 0.25) is 5.91 Å². The van der Waals surface area contributed by atoms with Crippen molar-refractivity contribution in [1.82, 2.24) is 4.90 Å². The lowest BCUT2D eigenvalue weighted by Gasteiger charge is -2.25. The lowest BCUT2D eigenvalue weighted by atomic mass is 10.0. The smallest absolute Gasteiger partial charge is 0.268 e. The molecular weight excluding hydrogens is 342 g/mol. The summed E-state index contributed by atoms with van der Waals surface area (Å²) < 4.78 is 0. The molecule has 5 heteroatoms. The Labute approximate surface area is 161 Å². The summed E-state index contributed by atoms with van der Waals surface area (Å²) in [5.74, 6) is -1.53. The van der Waals surface area contributed by atoms with Gasteiger partial charge < -0.3 is 5.11 Å². The number of rotatable bonds is 9. The third kappa shape index (κ3) is 5.28. The van der Waals surface area contributed by atoms with E-state index in [1.807, 2.05) is 32.0 Å². The molecule has 0 bridgehead atoms. The summed E-state index contributed by atoms with van der Waals surface area (Å²) in [5.41, 5.74) is 1.04. The van der Waals surface area contributed by atoms with Gasteiger partial charge in [-0.25, -0.2) is 0 Å². The molecule has 1 unspecified atom stereocenters. The molecule has 0 saturated heterocycles. The molecule has 0 aliphatic carbocycles. The van der Waals surface area contributed by atoms with Gasteiger partial charge in [-0.1, -0.05) is 50.6 Å². The van der Waals surface area contributed by atoms with Crippen LogP contribution in [0.25, 0.3) is 0 Å². The second-order valence-corrected chi connectivity index (χ2v) is 7.58. The predicted molar refractivity (Wildman–Crippen MR) is 104 cm³/mol. The molecule has 0 spiro atoms. The Hall–Kier alpha value is -2.43. The molecule has 1 aliphatic rings. The van der Waals surface area contributed by atoms with Crippen molar-refractivity contribution in [2.24, 2.45) is 5.92 Å². The summed E-state index contributed by atoms with van der Waals surface area (Å²) in [6.07, 6.45) is 4.20. The topological polar surface area (TPSA) is 74.7 Å². The summed E-state index contributed by atoms with van der Waals surface area (Å²) in [5, 5.41) is 10.3. The molecule has 2 amide bonds. The fourth-order valence-electron chi connectivity index (χ4n) is 3.49. The Bertz CT molecular complexity index is 721. The van der Waals surface area contributed by atoms with E-state index in [1.54, 1.807) is 0 Å². The van der Waals surface area contributed by atoms with Crippen LogP contribution in [0.3, 0.4) is 0 Å². The summed E-state index contributed by atoms with van der Waals surface area (Å²) in [6.45, 7) is 5.15. The van der Waals surface area contributed by atoms with Gasteiger partial charge in [-0.2, -0.15) is 0 Å². The molecule has 5 nitrogen and oxygen atoms in total. The van der Waals surface area contributed by atoms with Crippen LogP contribution in [0, 0.1) is 5.92 Å². The zero-order chi connectivity index (χ0) is 20.0. The van der Waals surface area contributed by atoms with Crippen LogP contribution in [-0.4, -0.2) is 33.6 Å². The quantitative estimate of drug-likeness (QED) is 0.526. The maximum absolute atomic E-state index is 12.7. The molecule has 0 aromatic heterocycles. The van der Waals surface area contributed by atoms with E-state index in [2.05, 4.69) is 12.1 Å². The molecule has 1 atom stereocenters. The molecule has 2 rings (SSSR count). The van der Waals surface area contributed by atoms with Gasteiger partial charge >= 0.3 is 0 Å². The van der Waals surface area contributed by atoms with E-state index in [1.165, 1.54) is 12.5 Å². The molecule has 0 saturated carbocycles. The van der Waals surface area contributed by atoms with Gasteiger partial charge in [0.1, 0.15) is 11.3 Å². The second kappa shape index (κ2) is 9.49. The van der Waals surface area contributed by atoms with E-state index in [0.717, 1.165) is 24.2 Å². The number of aliphatic hydroxyl groups is 1. The Kier molecular flexibility index (Phi) is 7.34. The van der Waals surface area contributed by atoms with Gasteiger partial charge in [-0.05, 0) is 44.1 Å². The van der Waals surface area contributed by atoms with Crippen molar-refractivity contribution in [3.63, 3.8) is 0 Å². The molecule has 0 radical (unpaired) electrons. The number of hydrogen-bond donors (Lipinski definition) is 1. The van der Waals surface area contributed by atoms with Gasteiger partial charge in [-0.15, -0.1) is 0 Å². The van der Waals surface area contributed by atoms with Crippen molar-refractivity contribution in [1.29, 1.82) is 0 Å². The Balaban J connectivity index is 1.91. The van der Waals surface area contributed by atoms with Crippen molar-refractivity contribution in [2.75, 3.05) is 0 Å². The van der Waals surface area contributed by atoms with E-state index >= 15 is 0 Å². The minimum absolute atomic E-state index is 0.178. The highest BCUT2D eigenvalue weighted by molar-refractivity contribution is 6.24. The average molecular weight is 371 g/mol. The number of aliphatic hydroxyl groups excluding tert-OH is 1. The van der Waals surface area contributed by atoms with Gasteiger partial charge in [0, 0.05) is 6.42 Å².